The van der Waals surface area contributed by atoms with Crippen LogP contribution in [-0.2, 0) is 4.74 Å². The molecule has 1 fully saturated rings. The summed E-state index contributed by atoms with van der Waals surface area (Å²) in [6.07, 6.45) is 1.22. The van der Waals surface area contributed by atoms with Gasteiger partial charge in [0, 0.05) is 12.8 Å². The Labute approximate surface area is 72.0 Å². The zero-order chi connectivity index (χ0) is 9.14. The smallest absolute Gasteiger partial charge is 0.409 e. The molecule has 0 aromatic rings. The zero-order valence-corrected chi connectivity index (χ0v) is 7.46. The van der Waals surface area contributed by atoms with E-state index in [9.17, 15) is 4.79 Å². The van der Waals surface area contributed by atoms with Crippen LogP contribution in [0.15, 0.2) is 0 Å². The van der Waals surface area contributed by atoms with Crippen LogP contribution in [0.1, 0.15) is 19.8 Å². The average Bonchev–Trinajstić information content (AvgIpc) is 2.28. The van der Waals surface area contributed by atoms with Crippen molar-refractivity contribution in [3.63, 3.8) is 0 Å². The van der Waals surface area contributed by atoms with Crippen molar-refractivity contribution in [2.75, 3.05) is 13.6 Å². The van der Waals surface area contributed by atoms with Crippen LogP contribution in [0.4, 0.5) is 4.79 Å². The summed E-state index contributed by atoms with van der Waals surface area (Å²) in [6, 6.07) is 0. The summed E-state index contributed by atoms with van der Waals surface area (Å²) in [6.45, 7) is 2.42. The maximum atomic E-state index is 10.9. The number of carbonyl (C=O) groups excluding carboxylic acids is 1. The molecular weight excluding hydrogens is 156 g/mol. The molecule has 0 aromatic carbocycles. The van der Waals surface area contributed by atoms with Crippen LogP contribution in [0, 0.1) is 5.41 Å². The van der Waals surface area contributed by atoms with E-state index in [4.69, 9.17) is 10.1 Å². The van der Waals surface area contributed by atoms with Gasteiger partial charge in [0.25, 0.3) is 0 Å². The van der Waals surface area contributed by atoms with Crippen LogP contribution in [0.2, 0.25) is 0 Å². The van der Waals surface area contributed by atoms with Gasteiger partial charge in [0.05, 0.1) is 6.54 Å². The second kappa shape index (κ2) is 3.56. The van der Waals surface area contributed by atoms with Crippen LogP contribution >= 0.6 is 0 Å². The molecule has 1 aliphatic rings. The summed E-state index contributed by atoms with van der Waals surface area (Å²) in [4.78, 5) is 12.4. The summed E-state index contributed by atoms with van der Waals surface area (Å²) in [7, 11) is 1.72. The van der Waals surface area contributed by atoms with Gasteiger partial charge in [-0.15, -0.1) is 0 Å². The van der Waals surface area contributed by atoms with Crippen LogP contribution in [0.3, 0.4) is 0 Å². The van der Waals surface area contributed by atoms with Gasteiger partial charge in [-0.05, 0) is 19.8 Å². The first-order valence-corrected chi connectivity index (χ1v) is 4.05. The van der Waals surface area contributed by atoms with Crippen molar-refractivity contribution < 1.29 is 9.53 Å². The van der Waals surface area contributed by atoms with Crippen molar-refractivity contribution in [2.45, 2.75) is 25.9 Å². The SMILES string of the molecule is CC(=N)CC[C@@H]1CN(C)C(=O)O1. The molecule has 1 atom stereocenters. The van der Waals surface area contributed by atoms with Crippen molar-refractivity contribution in [2.24, 2.45) is 0 Å². The van der Waals surface area contributed by atoms with E-state index in [1.54, 1.807) is 18.9 Å². The summed E-state index contributed by atoms with van der Waals surface area (Å²) < 4.78 is 5.01. The molecule has 1 rings (SSSR count). The molecule has 0 radical (unpaired) electrons. The molecule has 1 heterocycles. The molecule has 4 nitrogen and oxygen atoms in total. The lowest BCUT2D eigenvalue weighted by Gasteiger charge is -2.05. The average molecular weight is 170 g/mol. The van der Waals surface area contributed by atoms with Gasteiger partial charge < -0.3 is 15.0 Å². The molecule has 0 spiro atoms. The highest BCUT2D eigenvalue weighted by molar-refractivity contribution is 5.78. The fourth-order valence-electron chi connectivity index (χ4n) is 1.18. The van der Waals surface area contributed by atoms with E-state index in [1.165, 1.54) is 0 Å². The highest BCUT2D eigenvalue weighted by Gasteiger charge is 2.27. The molecule has 1 saturated heterocycles. The fourth-order valence-corrected chi connectivity index (χ4v) is 1.18. The zero-order valence-electron chi connectivity index (χ0n) is 7.46. The number of cyclic esters (lactones) is 1. The Kier molecular flexibility index (Phi) is 2.68. The third-order valence-corrected chi connectivity index (χ3v) is 1.90. The molecule has 12 heavy (non-hydrogen) atoms. The van der Waals surface area contributed by atoms with Crippen molar-refractivity contribution in [3.8, 4) is 0 Å². The predicted molar refractivity (Wildman–Crippen MR) is 45.5 cm³/mol. The molecule has 0 bridgehead atoms. The maximum Gasteiger partial charge on any atom is 0.409 e. The largest absolute Gasteiger partial charge is 0.444 e. The molecule has 1 aliphatic heterocycles. The highest BCUT2D eigenvalue weighted by atomic mass is 16.6. The molecule has 4 heteroatoms. The van der Waals surface area contributed by atoms with Gasteiger partial charge in [-0.2, -0.15) is 0 Å². The van der Waals surface area contributed by atoms with Crippen LogP contribution in [0.25, 0.3) is 0 Å². The number of amides is 1. The van der Waals surface area contributed by atoms with E-state index >= 15 is 0 Å². The lowest BCUT2D eigenvalue weighted by molar-refractivity contribution is 0.131. The van der Waals surface area contributed by atoms with Crippen LogP contribution in [0.5, 0.6) is 0 Å². The number of hydrogen-bond donors (Lipinski definition) is 1. The minimum atomic E-state index is -0.248. The number of ether oxygens (including phenoxy) is 1. The minimum Gasteiger partial charge on any atom is -0.444 e. The normalized spacial score (nSPS) is 22.7. The van der Waals surface area contributed by atoms with Crippen molar-refractivity contribution in [1.82, 2.24) is 4.90 Å². The van der Waals surface area contributed by atoms with Crippen molar-refractivity contribution in [1.29, 1.82) is 5.41 Å². The van der Waals surface area contributed by atoms with Gasteiger partial charge in [-0.25, -0.2) is 4.79 Å². The minimum absolute atomic E-state index is 0.0113. The third kappa shape index (κ3) is 2.22. The Balaban J connectivity index is 2.28. The maximum absolute atomic E-state index is 10.9. The molecule has 0 aliphatic carbocycles. The van der Waals surface area contributed by atoms with Gasteiger partial charge in [-0.1, -0.05) is 0 Å². The highest BCUT2D eigenvalue weighted by Crippen LogP contribution is 2.13. The predicted octanol–water partition coefficient (Wildman–Crippen LogP) is 1.26. The number of carbonyl (C=O) groups is 1. The topological polar surface area (TPSA) is 53.4 Å². The summed E-state index contributed by atoms with van der Waals surface area (Å²) in [5, 5.41) is 7.20. The van der Waals surface area contributed by atoms with E-state index in [1.807, 2.05) is 0 Å². The van der Waals surface area contributed by atoms with E-state index in [-0.39, 0.29) is 12.2 Å². The van der Waals surface area contributed by atoms with E-state index in [2.05, 4.69) is 0 Å². The van der Waals surface area contributed by atoms with Crippen molar-refractivity contribution >= 4 is 11.8 Å². The molecular formula is C8H14N2O2. The van der Waals surface area contributed by atoms with E-state index in [0.29, 0.717) is 18.7 Å². The Morgan fingerprint density at radius 1 is 1.83 bits per heavy atom. The first kappa shape index (κ1) is 9.03. The molecule has 0 saturated carbocycles. The molecule has 1 N–H and O–H groups in total. The van der Waals surface area contributed by atoms with E-state index < -0.39 is 0 Å². The quantitative estimate of drug-likeness (QED) is 0.648. The van der Waals surface area contributed by atoms with Gasteiger partial charge in [0.1, 0.15) is 6.10 Å². The number of rotatable bonds is 3. The number of likely N-dealkylation sites (N-methyl/N-ethyl adjacent to an activating group) is 1. The molecule has 0 aromatic heterocycles. The Morgan fingerprint density at radius 2 is 2.50 bits per heavy atom. The Bertz CT molecular complexity index is 203. The number of nitrogens with zero attached hydrogens (tertiary/aromatic N) is 1. The lowest BCUT2D eigenvalue weighted by atomic mass is 10.1. The van der Waals surface area contributed by atoms with Gasteiger partial charge in [0.15, 0.2) is 0 Å². The Morgan fingerprint density at radius 3 is 2.92 bits per heavy atom. The lowest BCUT2D eigenvalue weighted by Crippen LogP contribution is -2.19. The monoisotopic (exact) mass is 170 g/mol. The molecule has 1 amide bonds. The van der Waals surface area contributed by atoms with Gasteiger partial charge in [0.2, 0.25) is 0 Å². The fraction of sp³-hybridized carbons (Fsp3) is 0.750. The molecule has 68 valence electrons. The van der Waals surface area contributed by atoms with Gasteiger partial charge >= 0.3 is 6.09 Å². The second-order valence-corrected chi connectivity index (χ2v) is 3.21. The van der Waals surface area contributed by atoms with Gasteiger partial charge in [-0.3, -0.25) is 0 Å². The first-order valence-electron chi connectivity index (χ1n) is 4.05. The number of nitrogens with one attached hydrogen (secondary N) is 1. The third-order valence-electron chi connectivity index (χ3n) is 1.90. The summed E-state index contributed by atoms with van der Waals surface area (Å²) in [5.41, 5.74) is 0.639. The summed E-state index contributed by atoms with van der Waals surface area (Å²) >= 11 is 0. The number of hydrogen-bond acceptors (Lipinski definition) is 3. The first-order chi connectivity index (χ1) is 5.59. The standard InChI is InChI=1S/C8H14N2O2/c1-6(9)3-4-7-5-10(2)8(11)12-7/h7,9H,3-5H2,1-2H3/t7-/m1/s1. The van der Waals surface area contributed by atoms with Crippen LogP contribution in [-0.4, -0.2) is 36.4 Å². The molecule has 0 unspecified atom stereocenters. The Hall–Kier alpha value is -1.06. The summed E-state index contributed by atoms with van der Waals surface area (Å²) in [5.74, 6) is 0. The van der Waals surface area contributed by atoms with E-state index in [0.717, 1.165) is 6.42 Å². The second-order valence-electron chi connectivity index (χ2n) is 3.21. The van der Waals surface area contributed by atoms with Crippen molar-refractivity contribution in [3.05, 3.63) is 0 Å². The van der Waals surface area contributed by atoms with Crippen LogP contribution < -0.4 is 0 Å².